The van der Waals surface area contributed by atoms with Gasteiger partial charge < -0.3 is 0 Å². The molecule has 274 valence electrons. The molecule has 0 radical (unpaired) electrons. The second-order valence-corrected chi connectivity index (χ2v) is 25.3. The Morgan fingerprint density at radius 2 is 0.522 bits per heavy atom. The van der Waals surface area contributed by atoms with Crippen molar-refractivity contribution in [3.05, 3.63) is 0 Å². The molecule has 0 unspecified atom stereocenters. The summed E-state index contributed by atoms with van der Waals surface area (Å²) in [6, 6.07) is 0. The number of hydrogen-bond donors (Lipinski definition) is 0. The van der Waals surface area contributed by atoms with Gasteiger partial charge in [-0.15, -0.1) is 0 Å². The van der Waals surface area contributed by atoms with Gasteiger partial charge in [-0.05, 0) is 117 Å². The zero-order chi connectivity index (χ0) is 32.8. The van der Waals surface area contributed by atoms with Gasteiger partial charge in [-0.2, -0.15) is 0 Å². The Labute approximate surface area is 308 Å². The molecule has 0 bridgehead atoms. The van der Waals surface area contributed by atoms with Crippen molar-refractivity contribution in [1.82, 2.24) is 0 Å². The summed E-state index contributed by atoms with van der Waals surface area (Å²) in [5.41, 5.74) is 7.14. The molecule has 0 amide bonds. The molecule has 6 rings (SSSR count). The van der Waals surface area contributed by atoms with Crippen molar-refractivity contribution in [3.63, 3.8) is 0 Å². The summed E-state index contributed by atoms with van der Waals surface area (Å²) in [5.74, 6) is 0.884. The monoisotopic (exact) mass is 804 g/mol. The van der Waals surface area contributed by atoms with Crippen molar-refractivity contribution < 1.29 is 15.1 Å². The van der Waals surface area contributed by atoms with E-state index < -0.39 is 0 Å². The van der Waals surface area contributed by atoms with Crippen LogP contribution in [0.1, 0.15) is 220 Å². The van der Waals surface area contributed by atoms with Crippen LogP contribution in [-0.2, 0) is 15.1 Å². The van der Waals surface area contributed by atoms with E-state index in [0.29, 0.717) is 15.8 Å². The summed E-state index contributed by atoms with van der Waals surface area (Å²) in [6.07, 6.45) is 48.5. The molecule has 0 aromatic rings. The van der Waals surface area contributed by atoms with Crippen molar-refractivity contribution in [2.24, 2.45) is 5.92 Å². The molecule has 5 heteroatoms. The van der Waals surface area contributed by atoms with Gasteiger partial charge in [0.2, 0.25) is 0 Å². The molecule has 6 saturated carbocycles. The van der Waals surface area contributed by atoms with E-state index in [1.807, 2.05) is 0 Å². The van der Waals surface area contributed by atoms with Crippen molar-refractivity contribution in [2.45, 2.75) is 254 Å². The zero-order valence-corrected chi connectivity index (χ0v) is 36.0. The quantitative estimate of drug-likeness (QED) is 0.178. The van der Waals surface area contributed by atoms with Gasteiger partial charge in [0.05, 0.1) is 0 Å². The summed E-state index contributed by atoms with van der Waals surface area (Å²) in [7, 11) is 10.5. The summed E-state index contributed by atoms with van der Waals surface area (Å²) < 4.78 is 0. The molecule has 46 heavy (non-hydrogen) atoms. The average Bonchev–Trinajstić information content (AvgIpc) is 3.12. The molecule has 6 aliphatic rings. The van der Waals surface area contributed by atoms with Crippen LogP contribution in [0.15, 0.2) is 0 Å². The van der Waals surface area contributed by atoms with Crippen LogP contribution in [0.4, 0.5) is 0 Å². The first-order valence-electron chi connectivity index (χ1n) is 21.0. The van der Waals surface area contributed by atoms with E-state index in [2.05, 4.69) is 20.8 Å². The van der Waals surface area contributed by atoms with Crippen LogP contribution in [0.5, 0.6) is 0 Å². The SMILES string of the molecule is C1CCC(P(C2CCCCC2)C2CCCCC2)CC1.C1CCC(P(C2CCCCC2)C2CCCCC2)CC1.CCC(C)C.[Cl][Ru][Cl]. The molecular weight excluding hydrogens is 726 g/mol. The van der Waals surface area contributed by atoms with E-state index in [1.54, 1.807) is 154 Å². The second kappa shape index (κ2) is 26.8. The first kappa shape index (κ1) is 42.5. The third kappa shape index (κ3) is 16.2. The molecule has 0 saturated heterocycles. The Balaban J connectivity index is 0.000000204. The van der Waals surface area contributed by atoms with Gasteiger partial charge in [-0.3, -0.25) is 0 Å². The minimum atomic E-state index is -0.346. The molecule has 0 aromatic carbocycles. The molecule has 0 N–H and O–H groups in total. The number of hydrogen-bond acceptors (Lipinski definition) is 0. The molecule has 0 heterocycles. The van der Waals surface area contributed by atoms with Gasteiger partial charge in [-0.1, -0.05) is 159 Å². The summed E-state index contributed by atoms with van der Waals surface area (Å²) in [6.45, 7) is 6.64. The topological polar surface area (TPSA) is 0 Å². The number of halogens is 2. The zero-order valence-electron chi connectivity index (χ0n) is 31.0. The summed E-state index contributed by atoms with van der Waals surface area (Å²) in [5, 5.41) is 0. The minimum absolute atomic E-state index is 0.346. The van der Waals surface area contributed by atoms with Crippen molar-refractivity contribution >= 4 is 35.2 Å². The van der Waals surface area contributed by atoms with Gasteiger partial charge in [0, 0.05) is 0 Å². The molecular formula is C41H78Cl2P2Ru. The van der Waals surface area contributed by atoms with Gasteiger partial charge in [-0.25, -0.2) is 0 Å². The molecule has 0 aliphatic heterocycles. The van der Waals surface area contributed by atoms with Crippen LogP contribution >= 0.6 is 35.2 Å². The van der Waals surface area contributed by atoms with E-state index in [1.165, 1.54) is 78.9 Å². The van der Waals surface area contributed by atoms with Gasteiger partial charge >= 0.3 is 34.5 Å². The average molecular weight is 805 g/mol. The Hall–Kier alpha value is 2.06. The van der Waals surface area contributed by atoms with Gasteiger partial charge in [0.1, 0.15) is 0 Å². The Bertz CT molecular complexity index is 547. The molecule has 0 spiro atoms. The maximum absolute atomic E-state index is 4.85. The van der Waals surface area contributed by atoms with Crippen LogP contribution < -0.4 is 0 Å². The molecule has 0 nitrogen and oxygen atoms in total. The van der Waals surface area contributed by atoms with Gasteiger partial charge in [0.25, 0.3) is 0 Å². The van der Waals surface area contributed by atoms with Crippen molar-refractivity contribution in [2.75, 3.05) is 0 Å². The normalized spacial score (nSPS) is 25.4. The molecule has 0 atom stereocenters. The van der Waals surface area contributed by atoms with Crippen LogP contribution in [0, 0.1) is 5.92 Å². The third-order valence-corrected chi connectivity index (χ3v) is 21.0. The Kier molecular flexibility index (Phi) is 24.7. The fourth-order valence-electron chi connectivity index (χ4n) is 10.1. The van der Waals surface area contributed by atoms with Crippen LogP contribution in [0.25, 0.3) is 0 Å². The van der Waals surface area contributed by atoms with E-state index in [0.717, 1.165) is 5.92 Å². The van der Waals surface area contributed by atoms with E-state index in [4.69, 9.17) is 19.4 Å². The number of rotatable bonds is 7. The summed E-state index contributed by atoms with van der Waals surface area (Å²) >= 11 is -0.346. The molecule has 0 aromatic heterocycles. The third-order valence-electron chi connectivity index (χ3n) is 12.8. The van der Waals surface area contributed by atoms with Crippen LogP contribution in [-0.4, -0.2) is 34.0 Å². The molecule has 6 fully saturated rings. The fourth-order valence-corrected chi connectivity index (χ4v) is 19.4. The predicted octanol–water partition coefficient (Wildman–Crippen LogP) is 16.4. The predicted molar refractivity (Wildman–Crippen MR) is 212 cm³/mol. The van der Waals surface area contributed by atoms with E-state index in [-0.39, 0.29) is 15.1 Å². The van der Waals surface area contributed by atoms with E-state index in [9.17, 15) is 0 Å². The van der Waals surface area contributed by atoms with Crippen molar-refractivity contribution in [1.29, 1.82) is 0 Å². The van der Waals surface area contributed by atoms with E-state index >= 15 is 0 Å². The second-order valence-electron chi connectivity index (χ2n) is 16.5. The maximum atomic E-state index is 4.85. The summed E-state index contributed by atoms with van der Waals surface area (Å²) in [4.78, 5) is 0. The fraction of sp³-hybridized carbons (Fsp3) is 1.00. The van der Waals surface area contributed by atoms with Gasteiger partial charge in [0.15, 0.2) is 0 Å². The first-order chi connectivity index (χ1) is 22.6. The standard InChI is InChI=1S/2C18H33P.C5H12.2ClH.Ru/c2*1-4-10-16(11-5-1)19(17-12-6-2-7-13-17)18-14-8-3-9-15-18;1-4-5(2)3;;;/h2*16-18H,1-15H2;5H,4H2,1-3H3;2*1H;/q;;;;;+2/p-2. The van der Waals surface area contributed by atoms with Crippen LogP contribution in [0.3, 0.4) is 0 Å². The Morgan fingerprint density at radius 1 is 0.391 bits per heavy atom. The molecule has 6 aliphatic carbocycles. The first-order valence-corrected chi connectivity index (χ1v) is 28.6. The van der Waals surface area contributed by atoms with Crippen molar-refractivity contribution in [3.8, 4) is 0 Å². The Morgan fingerprint density at radius 3 is 0.630 bits per heavy atom. The van der Waals surface area contributed by atoms with Crippen LogP contribution in [0.2, 0.25) is 0 Å².